The normalized spacial score (nSPS) is 10.6. The first kappa shape index (κ1) is 14.8. The fourth-order valence-corrected chi connectivity index (χ4v) is 3.06. The summed E-state index contributed by atoms with van der Waals surface area (Å²) in [4.78, 5) is 16.6. The zero-order chi connectivity index (χ0) is 15.5. The number of hydrogen-bond acceptors (Lipinski definition) is 5. The number of rotatable bonds is 5. The van der Waals surface area contributed by atoms with Crippen LogP contribution in [0.25, 0.3) is 10.2 Å². The number of Topliss-reactive ketones (excluding diaryl/α,β-unsaturated/α-hetero) is 1. The number of ketones is 1. The Kier molecular flexibility index (Phi) is 4.27. The molecule has 0 bridgehead atoms. The van der Waals surface area contributed by atoms with Gasteiger partial charge in [-0.05, 0) is 36.4 Å². The third-order valence-electron chi connectivity index (χ3n) is 3.17. The molecule has 3 rings (SSSR count). The maximum absolute atomic E-state index is 12.1. The number of carbonyl (C=O) groups excluding carboxylic acids is 1. The van der Waals surface area contributed by atoms with Gasteiger partial charge in [0.25, 0.3) is 0 Å². The van der Waals surface area contributed by atoms with Crippen LogP contribution < -0.4 is 10.1 Å². The van der Waals surface area contributed by atoms with Crippen LogP contribution >= 0.6 is 22.9 Å². The number of nitrogens with zero attached hydrogens (tertiary/aromatic N) is 1. The average Bonchev–Trinajstić information content (AvgIpc) is 2.96. The maximum Gasteiger partial charge on any atom is 0.184 e. The van der Waals surface area contributed by atoms with E-state index in [2.05, 4.69) is 10.3 Å². The van der Waals surface area contributed by atoms with Crippen molar-refractivity contribution in [1.29, 1.82) is 0 Å². The van der Waals surface area contributed by atoms with E-state index in [0.717, 1.165) is 16.0 Å². The van der Waals surface area contributed by atoms with Gasteiger partial charge >= 0.3 is 0 Å². The smallest absolute Gasteiger partial charge is 0.184 e. The van der Waals surface area contributed by atoms with Gasteiger partial charge in [0.2, 0.25) is 0 Å². The number of aromatic nitrogens is 1. The molecule has 22 heavy (non-hydrogen) atoms. The Balaban J connectivity index is 1.73. The van der Waals surface area contributed by atoms with E-state index in [0.29, 0.717) is 15.7 Å². The molecule has 1 heterocycles. The molecule has 0 aliphatic heterocycles. The number of methoxy groups -OCH3 is 1. The predicted octanol–water partition coefficient (Wildman–Crippen LogP) is 4.25. The van der Waals surface area contributed by atoms with Crippen LogP contribution in [0.15, 0.2) is 42.5 Å². The molecule has 1 N–H and O–H groups in total. The standard InChI is InChI=1S/C16H13ClN2O2S/c1-21-13-3-2-4-14-15(13)19-16(22-14)18-9-12(20)10-5-7-11(17)8-6-10/h2-8H,9H2,1H3,(H,18,19). The molecular formula is C16H13ClN2O2S. The second-order valence-electron chi connectivity index (χ2n) is 4.61. The van der Waals surface area contributed by atoms with Gasteiger partial charge in [-0.15, -0.1) is 0 Å². The number of anilines is 1. The fraction of sp³-hybridized carbons (Fsp3) is 0.125. The fourth-order valence-electron chi connectivity index (χ4n) is 2.06. The van der Waals surface area contributed by atoms with Crippen molar-refractivity contribution >= 4 is 44.1 Å². The Morgan fingerprint density at radius 3 is 2.77 bits per heavy atom. The second kappa shape index (κ2) is 6.34. The van der Waals surface area contributed by atoms with E-state index in [4.69, 9.17) is 16.3 Å². The van der Waals surface area contributed by atoms with Gasteiger partial charge in [0.1, 0.15) is 11.3 Å². The van der Waals surface area contributed by atoms with E-state index in [1.807, 2.05) is 18.2 Å². The number of nitrogens with one attached hydrogen (secondary N) is 1. The van der Waals surface area contributed by atoms with Crippen LogP contribution in [-0.4, -0.2) is 24.4 Å². The summed E-state index contributed by atoms with van der Waals surface area (Å²) in [6.45, 7) is 0.184. The van der Waals surface area contributed by atoms with Crippen LogP contribution in [0.4, 0.5) is 5.13 Å². The van der Waals surface area contributed by atoms with Crippen LogP contribution in [0.3, 0.4) is 0 Å². The van der Waals surface area contributed by atoms with Gasteiger partial charge in [-0.1, -0.05) is 29.0 Å². The largest absolute Gasteiger partial charge is 0.494 e. The van der Waals surface area contributed by atoms with Crippen molar-refractivity contribution in [2.75, 3.05) is 19.0 Å². The van der Waals surface area contributed by atoms with Crippen molar-refractivity contribution < 1.29 is 9.53 Å². The van der Waals surface area contributed by atoms with Gasteiger partial charge in [0.15, 0.2) is 10.9 Å². The minimum atomic E-state index is -0.0112. The highest BCUT2D eigenvalue weighted by Crippen LogP contribution is 2.31. The van der Waals surface area contributed by atoms with Crippen molar-refractivity contribution in [3.63, 3.8) is 0 Å². The molecule has 1 aromatic heterocycles. The zero-order valence-electron chi connectivity index (χ0n) is 11.8. The van der Waals surface area contributed by atoms with E-state index < -0.39 is 0 Å². The quantitative estimate of drug-likeness (QED) is 0.709. The first-order valence-corrected chi connectivity index (χ1v) is 7.83. The van der Waals surface area contributed by atoms with Crippen molar-refractivity contribution in [3.8, 4) is 5.75 Å². The highest BCUT2D eigenvalue weighted by Gasteiger charge is 2.10. The first-order valence-electron chi connectivity index (χ1n) is 6.63. The van der Waals surface area contributed by atoms with Crippen molar-refractivity contribution in [3.05, 3.63) is 53.1 Å². The summed E-state index contributed by atoms with van der Waals surface area (Å²) in [5, 5.41) is 4.38. The number of ether oxygens (including phenoxy) is 1. The number of benzene rings is 2. The number of hydrogen-bond donors (Lipinski definition) is 1. The van der Waals surface area contributed by atoms with E-state index in [1.165, 1.54) is 11.3 Å². The molecule has 0 spiro atoms. The summed E-state index contributed by atoms with van der Waals surface area (Å²) in [6.07, 6.45) is 0. The lowest BCUT2D eigenvalue weighted by atomic mass is 10.1. The number of halogens is 1. The van der Waals surface area contributed by atoms with Crippen LogP contribution in [0.5, 0.6) is 5.75 Å². The van der Waals surface area contributed by atoms with E-state index >= 15 is 0 Å². The maximum atomic E-state index is 12.1. The third-order valence-corrected chi connectivity index (χ3v) is 4.40. The number of carbonyl (C=O) groups is 1. The molecule has 0 aliphatic carbocycles. The van der Waals surface area contributed by atoms with Gasteiger partial charge in [0.05, 0.1) is 18.4 Å². The minimum absolute atomic E-state index is 0.0112. The molecule has 0 saturated carbocycles. The molecule has 112 valence electrons. The summed E-state index contributed by atoms with van der Waals surface area (Å²) < 4.78 is 6.30. The van der Waals surface area contributed by atoms with Gasteiger partial charge in [0, 0.05) is 10.6 Å². The van der Waals surface area contributed by atoms with Crippen LogP contribution in [-0.2, 0) is 0 Å². The highest BCUT2D eigenvalue weighted by atomic mass is 35.5. The third kappa shape index (κ3) is 3.05. The molecule has 0 amide bonds. The SMILES string of the molecule is COc1cccc2sc(NCC(=O)c3ccc(Cl)cc3)nc12. The van der Waals surface area contributed by atoms with E-state index in [1.54, 1.807) is 31.4 Å². The summed E-state index contributed by atoms with van der Waals surface area (Å²) in [5.41, 5.74) is 1.42. The van der Waals surface area contributed by atoms with Crippen LogP contribution in [0.1, 0.15) is 10.4 Å². The van der Waals surface area contributed by atoms with Gasteiger partial charge in [-0.3, -0.25) is 4.79 Å². The highest BCUT2D eigenvalue weighted by molar-refractivity contribution is 7.22. The molecule has 4 nitrogen and oxygen atoms in total. The number of para-hydroxylation sites is 1. The lowest BCUT2D eigenvalue weighted by molar-refractivity contribution is 0.101. The Morgan fingerprint density at radius 2 is 2.05 bits per heavy atom. The number of thiazole rings is 1. The van der Waals surface area contributed by atoms with Crippen molar-refractivity contribution in [1.82, 2.24) is 4.98 Å². The molecule has 3 aromatic rings. The number of fused-ring (bicyclic) bond motifs is 1. The van der Waals surface area contributed by atoms with Gasteiger partial charge < -0.3 is 10.1 Å². The van der Waals surface area contributed by atoms with Crippen molar-refractivity contribution in [2.45, 2.75) is 0 Å². The molecule has 0 unspecified atom stereocenters. The monoisotopic (exact) mass is 332 g/mol. The van der Waals surface area contributed by atoms with Gasteiger partial charge in [-0.2, -0.15) is 0 Å². The summed E-state index contributed by atoms with van der Waals surface area (Å²) in [6, 6.07) is 12.6. The minimum Gasteiger partial charge on any atom is -0.494 e. The van der Waals surface area contributed by atoms with Crippen LogP contribution in [0.2, 0.25) is 5.02 Å². The summed E-state index contributed by atoms with van der Waals surface area (Å²) in [7, 11) is 1.62. The Bertz CT molecular complexity index is 815. The average molecular weight is 333 g/mol. The Labute approximate surface area is 136 Å². The summed E-state index contributed by atoms with van der Waals surface area (Å²) in [5.74, 6) is 0.716. The molecular weight excluding hydrogens is 320 g/mol. The second-order valence-corrected chi connectivity index (χ2v) is 6.08. The molecule has 0 radical (unpaired) electrons. The topological polar surface area (TPSA) is 51.2 Å². The van der Waals surface area contributed by atoms with Crippen LogP contribution in [0, 0.1) is 0 Å². The lowest BCUT2D eigenvalue weighted by Gasteiger charge is -2.02. The summed E-state index contributed by atoms with van der Waals surface area (Å²) >= 11 is 7.31. The van der Waals surface area contributed by atoms with E-state index in [-0.39, 0.29) is 12.3 Å². The Morgan fingerprint density at radius 1 is 1.27 bits per heavy atom. The first-order chi connectivity index (χ1) is 10.7. The molecule has 6 heteroatoms. The van der Waals surface area contributed by atoms with Crippen molar-refractivity contribution in [2.24, 2.45) is 0 Å². The molecule has 2 aromatic carbocycles. The molecule has 0 aliphatic rings. The molecule has 0 saturated heterocycles. The molecule has 0 atom stereocenters. The zero-order valence-corrected chi connectivity index (χ0v) is 13.4. The lowest BCUT2D eigenvalue weighted by Crippen LogP contribution is -2.13. The Hall–Kier alpha value is -2.11. The van der Waals surface area contributed by atoms with Gasteiger partial charge in [-0.25, -0.2) is 4.98 Å². The van der Waals surface area contributed by atoms with E-state index in [9.17, 15) is 4.79 Å². The predicted molar refractivity (Wildman–Crippen MR) is 90.4 cm³/mol. The molecule has 0 fully saturated rings.